The van der Waals surface area contributed by atoms with Gasteiger partial charge in [0.05, 0.1) is 19.1 Å². The quantitative estimate of drug-likeness (QED) is 0.421. The zero-order valence-corrected chi connectivity index (χ0v) is 14.9. The fourth-order valence-corrected chi connectivity index (χ4v) is 2.47. The number of esters is 2. The van der Waals surface area contributed by atoms with E-state index in [1.54, 1.807) is 24.4 Å². The summed E-state index contributed by atoms with van der Waals surface area (Å²) in [5.74, 6) is -1.26. The van der Waals surface area contributed by atoms with Gasteiger partial charge in [-0.25, -0.2) is 4.79 Å². The van der Waals surface area contributed by atoms with Gasteiger partial charge in [-0.05, 0) is 23.8 Å². The minimum Gasteiger partial charge on any atom is -0.468 e. The van der Waals surface area contributed by atoms with Crippen LogP contribution >= 0.6 is 0 Å². The van der Waals surface area contributed by atoms with Crippen LogP contribution in [0.25, 0.3) is 0 Å². The van der Waals surface area contributed by atoms with Crippen LogP contribution in [0.15, 0.2) is 42.6 Å². The maximum absolute atomic E-state index is 12.0. The number of ether oxygens (including phenoxy) is 2. The van der Waals surface area contributed by atoms with E-state index in [1.165, 1.54) is 19.2 Å². The van der Waals surface area contributed by atoms with Gasteiger partial charge in [0, 0.05) is 30.9 Å². The Hall–Kier alpha value is -3.33. The molecule has 9 nitrogen and oxygen atoms in total. The van der Waals surface area contributed by atoms with Gasteiger partial charge in [0.15, 0.2) is 0 Å². The number of carbonyl (C=O) groups is 2. The number of nitrogens with one attached hydrogen (secondary N) is 1. The minimum atomic E-state index is -0.788. The molecular weight excluding hydrogens is 354 g/mol. The van der Waals surface area contributed by atoms with Gasteiger partial charge in [-0.15, -0.1) is 0 Å². The molecule has 1 aromatic heterocycles. The van der Waals surface area contributed by atoms with Crippen LogP contribution in [0.5, 0.6) is 0 Å². The highest BCUT2D eigenvalue weighted by atomic mass is 16.6. The lowest BCUT2D eigenvalue weighted by Crippen LogP contribution is -2.39. The summed E-state index contributed by atoms with van der Waals surface area (Å²) in [5, 5.41) is 14.2. The van der Waals surface area contributed by atoms with E-state index in [1.807, 2.05) is 6.07 Å². The summed E-state index contributed by atoms with van der Waals surface area (Å²) in [6, 6.07) is 8.85. The van der Waals surface area contributed by atoms with Gasteiger partial charge in [-0.2, -0.15) is 0 Å². The van der Waals surface area contributed by atoms with Crippen molar-refractivity contribution in [3.8, 4) is 0 Å². The predicted molar refractivity (Wildman–Crippen MR) is 95.0 cm³/mol. The van der Waals surface area contributed by atoms with E-state index in [-0.39, 0.29) is 17.8 Å². The maximum Gasteiger partial charge on any atom is 0.344 e. The van der Waals surface area contributed by atoms with Crippen molar-refractivity contribution in [2.45, 2.75) is 19.0 Å². The molecule has 0 spiro atoms. The van der Waals surface area contributed by atoms with Crippen molar-refractivity contribution in [3.63, 3.8) is 0 Å². The Morgan fingerprint density at radius 1 is 1.22 bits per heavy atom. The first-order chi connectivity index (χ1) is 13.0. The second-order valence-electron chi connectivity index (χ2n) is 5.58. The molecule has 0 saturated heterocycles. The Morgan fingerprint density at radius 3 is 2.59 bits per heavy atom. The minimum absolute atomic E-state index is 0.135. The van der Waals surface area contributed by atoms with Gasteiger partial charge in [0.1, 0.15) is 11.6 Å². The topological polar surface area (TPSA) is 121 Å². The van der Waals surface area contributed by atoms with Gasteiger partial charge in [0.2, 0.25) is 0 Å². The van der Waals surface area contributed by atoms with E-state index in [4.69, 9.17) is 4.74 Å². The first kappa shape index (κ1) is 20.0. The fourth-order valence-electron chi connectivity index (χ4n) is 2.47. The molecule has 27 heavy (non-hydrogen) atoms. The first-order valence-electron chi connectivity index (χ1n) is 8.03. The molecule has 0 aliphatic heterocycles. The zero-order chi connectivity index (χ0) is 19.8. The number of aromatic nitrogens is 1. The van der Waals surface area contributed by atoms with E-state index in [9.17, 15) is 19.7 Å². The van der Waals surface area contributed by atoms with Crippen molar-refractivity contribution in [2.24, 2.45) is 0 Å². The molecule has 0 aliphatic carbocycles. The Balaban J connectivity index is 2.16. The number of pyridine rings is 1. The Kier molecular flexibility index (Phi) is 6.95. The molecule has 1 N–H and O–H groups in total. The molecule has 2 aromatic rings. The highest BCUT2D eigenvalue weighted by Crippen LogP contribution is 2.21. The molecule has 0 fully saturated rings. The van der Waals surface area contributed by atoms with Crippen LogP contribution < -0.4 is 5.32 Å². The van der Waals surface area contributed by atoms with Crippen LogP contribution in [-0.4, -0.2) is 42.1 Å². The summed E-state index contributed by atoms with van der Waals surface area (Å²) < 4.78 is 9.35. The molecule has 0 saturated carbocycles. The summed E-state index contributed by atoms with van der Waals surface area (Å²) in [5.41, 5.74) is 0.737. The van der Waals surface area contributed by atoms with Gasteiger partial charge in [-0.1, -0.05) is 12.1 Å². The Bertz CT molecular complexity index is 825. The highest BCUT2D eigenvalue weighted by Gasteiger charge is 2.23. The monoisotopic (exact) mass is 373 g/mol. The number of rotatable bonds is 8. The van der Waals surface area contributed by atoms with Crippen LogP contribution in [0.3, 0.4) is 0 Å². The molecule has 0 radical (unpaired) electrons. The summed E-state index contributed by atoms with van der Waals surface area (Å²) >= 11 is 0. The van der Waals surface area contributed by atoms with Gasteiger partial charge >= 0.3 is 11.9 Å². The van der Waals surface area contributed by atoms with E-state index in [0.717, 1.165) is 7.11 Å². The molecule has 1 aromatic carbocycles. The van der Waals surface area contributed by atoms with Gasteiger partial charge < -0.3 is 9.47 Å². The molecule has 1 heterocycles. The summed E-state index contributed by atoms with van der Waals surface area (Å²) in [6.07, 6.45) is 1.93. The average molecular weight is 373 g/mol. The molecule has 2 rings (SSSR count). The maximum atomic E-state index is 12.0. The number of benzene rings is 1. The number of methoxy groups -OCH3 is 2. The van der Waals surface area contributed by atoms with E-state index < -0.39 is 22.9 Å². The van der Waals surface area contributed by atoms with Crippen LogP contribution in [0.4, 0.5) is 5.69 Å². The number of nitrogens with zero attached hydrogens (tertiary/aromatic N) is 2. The lowest BCUT2D eigenvalue weighted by Gasteiger charge is -2.16. The summed E-state index contributed by atoms with van der Waals surface area (Å²) in [6.45, 7) is 0.162. The molecule has 142 valence electrons. The van der Waals surface area contributed by atoms with Crippen molar-refractivity contribution < 1.29 is 24.0 Å². The van der Waals surface area contributed by atoms with Crippen molar-refractivity contribution >= 4 is 17.6 Å². The predicted octanol–water partition coefficient (Wildman–Crippen LogP) is 1.65. The van der Waals surface area contributed by atoms with Crippen molar-refractivity contribution in [1.29, 1.82) is 0 Å². The molecule has 9 heteroatoms. The Morgan fingerprint density at radius 2 is 2.00 bits per heavy atom. The summed E-state index contributed by atoms with van der Waals surface area (Å²) in [7, 11) is 2.44. The largest absolute Gasteiger partial charge is 0.468 e. The van der Waals surface area contributed by atoms with Crippen molar-refractivity contribution in [2.75, 3.05) is 14.2 Å². The third kappa shape index (κ3) is 5.32. The standard InChI is InChI=1S/C18H19N3O6/c1-26-17(22)14-7-6-12(9-16(14)21(24)25)11-20-15(18(23)27-2)10-13-5-3-4-8-19-13/h3-9,15,20H,10-11H2,1-2H3/t15-/m1/s1. The van der Waals surface area contributed by atoms with E-state index in [2.05, 4.69) is 15.0 Å². The SMILES string of the molecule is COC(=O)c1ccc(CN[C@H](Cc2ccccn2)C(=O)OC)cc1[N+](=O)[O-]. The average Bonchev–Trinajstić information content (AvgIpc) is 2.70. The number of nitro benzene ring substituents is 1. The van der Waals surface area contributed by atoms with Crippen molar-refractivity contribution in [1.82, 2.24) is 10.3 Å². The number of hydrogen-bond acceptors (Lipinski definition) is 8. The summed E-state index contributed by atoms with van der Waals surface area (Å²) in [4.78, 5) is 38.4. The molecule has 0 unspecified atom stereocenters. The zero-order valence-electron chi connectivity index (χ0n) is 14.9. The van der Waals surface area contributed by atoms with Crippen LogP contribution in [-0.2, 0) is 27.2 Å². The molecule has 1 atom stereocenters. The lowest BCUT2D eigenvalue weighted by molar-refractivity contribution is -0.385. The number of carbonyl (C=O) groups excluding carboxylic acids is 2. The highest BCUT2D eigenvalue weighted by molar-refractivity contribution is 5.93. The smallest absolute Gasteiger partial charge is 0.344 e. The third-order valence-corrected chi connectivity index (χ3v) is 3.84. The number of nitro groups is 1. The molecule has 0 bridgehead atoms. The van der Waals surface area contributed by atoms with Gasteiger partial charge in [0.25, 0.3) is 5.69 Å². The fraction of sp³-hybridized carbons (Fsp3) is 0.278. The molecule has 0 aliphatic rings. The normalized spacial score (nSPS) is 11.5. The second-order valence-corrected chi connectivity index (χ2v) is 5.58. The first-order valence-corrected chi connectivity index (χ1v) is 8.03. The van der Waals surface area contributed by atoms with Crippen LogP contribution in [0, 0.1) is 10.1 Å². The van der Waals surface area contributed by atoms with E-state index in [0.29, 0.717) is 17.7 Å². The molecule has 0 amide bonds. The van der Waals surface area contributed by atoms with Gasteiger partial charge in [-0.3, -0.25) is 25.2 Å². The second kappa shape index (κ2) is 9.39. The van der Waals surface area contributed by atoms with Crippen LogP contribution in [0.1, 0.15) is 21.6 Å². The van der Waals surface area contributed by atoms with E-state index >= 15 is 0 Å². The number of hydrogen-bond donors (Lipinski definition) is 1. The molecular formula is C18H19N3O6. The Labute approximate surface area is 155 Å². The van der Waals surface area contributed by atoms with Crippen molar-refractivity contribution in [3.05, 3.63) is 69.5 Å². The van der Waals surface area contributed by atoms with Crippen LogP contribution in [0.2, 0.25) is 0 Å². The lowest BCUT2D eigenvalue weighted by atomic mass is 10.1. The third-order valence-electron chi connectivity index (χ3n) is 3.84.